The standard InChI is InChI=1S/C12H17.Zr/c1-3-10-7-11-6-4-5-9(2)12(11)8-10;/h4-7,9-10,12H,3,8H2,1-2H3;. The second kappa shape index (κ2) is 3.85. The van der Waals surface area contributed by atoms with Gasteiger partial charge in [0.1, 0.15) is 0 Å². The van der Waals surface area contributed by atoms with E-state index in [1.807, 2.05) is 0 Å². The van der Waals surface area contributed by atoms with E-state index in [1.165, 1.54) is 12.8 Å². The minimum atomic E-state index is 0.791. The first kappa shape index (κ1) is 9.90. The summed E-state index contributed by atoms with van der Waals surface area (Å²) < 4.78 is 0.926. The maximum atomic E-state index is 2.39. The summed E-state index contributed by atoms with van der Waals surface area (Å²) in [6.45, 7) is 4.71. The van der Waals surface area contributed by atoms with E-state index >= 15 is 0 Å². The Morgan fingerprint density at radius 1 is 1.54 bits per heavy atom. The van der Waals surface area contributed by atoms with Gasteiger partial charge in [-0.25, -0.2) is 0 Å². The van der Waals surface area contributed by atoms with Crippen LogP contribution in [0.1, 0.15) is 26.7 Å². The van der Waals surface area contributed by atoms with Crippen molar-refractivity contribution in [2.24, 2.45) is 17.8 Å². The summed E-state index contributed by atoms with van der Waals surface area (Å²) in [7, 11) is 0. The van der Waals surface area contributed by atoms with Crippen LogP contribution in [0.15, 0.2) is 23.8 Å². The molecular weight excluding hydrogens is 235 g/mol. The van der Waals surface area contributed by atoms with E-state index in [4.69, 9.17) is 0 Å². The van der Waals surface area contributed by atoms with Crippen molar-refractivity contribution in [3.63, 3.8) is 0 Å². The van der Waals surface area contributed by atoms with Crippen molar-refractivity contribution in [1.29, 1.82) is 0 Å². The fraction of sp³-hybridized carbons (Fsp3) is 0.667. The molecule has 0 spiro atoms. The summed E-state index contributed by atoms with van der Waals surface area (Å²) in [6, 6.07) is 0. The predicted molar refractivity (Wildman–Crippen MR) is 52.0 cm³/mol. The number of rotatable bonds is 1. The van der Waals surface area contributed by atoms with Gasteiger partial charge in [0.2, 0.25) is 0 Å². The molecule has 1 heteroatoms. The van der Waals surface area contributed by atoms with Crippen molar-refractivity contribution in [3.05, 3.63) is 23.8 Å². The summed E-state index contributed by atoms with van der Waals surface area (Å²) in [4.78, 5) is 0. The summed E-state index contributed by atoms with van der Waals surface area (Å²) in [5.74, 6) is 2.66. The van der Waals surface area contributed by atoms with Crippen molar-refractivity contribution >= 4 is 0 Å². The Morgan fingerprint density at radius 3 is 2.92 bits per heavy atom. The summed E-state index contributed by atoms with van der Waals surface area (Å²) >= 11 is 1.73. The first-order valence-corrected chi connectivity index (χ1v) is 6.75. The fourth-order valence-corrected chi connectivity index (χ4v) is 4.40. The van der Waals surface area contributed by atoms with Gasteiger partial charge >= 0.3 is 96.6 Å². The normalized spacial score (nSPS) is 43.0. The molecule has 0 N–H and O–H groups in total. The third-order valence-corrected chi connectivity index (χ3v) is 5.66. The monoisotopic (exact) mass is 251 g/mol. The molecule has 0 bridgehead atoms. The predicted octanol–water partition coefficient (Wildman–Crippen LogP) is 3.50. The van der Waals surface area contributed by atoms with E-state index < -0.39 is 0 Å². The molecule has 0 heterocycles. The van der Waals surface area contributed by atoms with E-state index in [0.29, 0.717) is 0 Å². The molecule has 0 aliphatic heterocycles. The van der Waals surface area contributed by atoms with Crippen LogP contribution in [0.25, 0.3) is 0 Å². The van der Waals surface area contributed by atoms with E-state index in [-0.39, 0.29) is 0 Å². The number of hydrogen-bond donors (Lipinski definition) is 0. The van der Waals surface area contributed by atoms with Crippen LogP contribution in [0.2, 0.25) is 3.63 Å². The Hall–Kier alpha value is 0.363. The van der Waals surface area contributed by atoms with Gasteiger partial charge in [0.25, 0.3) is 0 Å². The summed E-state index contributed by atoms with van der Waals surface area (Å²) in [5, 5.41) is 0. The quantitative estimate of drug-likeness (QED) is 0.670. The topological polar surface area (TPSA) is 0 Å². The van der Waals surface area contributed by atoms with Gasteiger partial charge in [-0.2, -0.15) is 0 Å². The summed E-state index contributed by atoms with van der Waals surface area (Å²) in [5.41, 5.74) is 1.76. The SMILES string of the molecule is CCC1CC2C(=CC=CC2C)[CH]1[Zr]. The Kier molecular flexibility index (Phi) is 2.93. The minimum absolute atomic E-state index is 0.791. The number of hydrogen-bond acceptors (Lipinski definition) is 0. The van der Waals surface area contributed by atoms with Crippen molar-refractivity contribution < 1.29 is 24.7 Å². The molecule has 0 nitrogen and oxygen atoms in total. The zero-order valence-electron chi connectivity index (χ0n) is 8.46. The van der Waals surface area contributed by atoms with Gasteiger partial charge in [0, 0.05) is 0 Å². The number of fused-ring (bicyclic) bond motifs is 1. The molecule has 0 saturated heterocycles. The van der Waals surface area contributed by atoms with Crippen LogP contribution in [-0.4, -0.2) is 0 Å². The van der Waals surface area contributed by atoms with Crippen LogP contribution in [0.5, 0.6) is 0 Å². The molecule has 1 fully saturated rings. The zero-order chi connectivity index (χ0) is 9.42. The average molecular weight is 252 g/mol. The van der Waals surface area contributed by atoms with Crippen molar-refractivity contribution in [3.8, 4) is 0 Å². The third-order valence-electron chi connectivity index (χ3n) is 3.68. The molecule has 2 rings (SSSR count). The maximum absolute atomic E-state index is 2.39. The van der Waals surface area contributed by atoms with Gasteiger partial charge in [-0.05, 0) is 0 Å². The van der Waals surface area contributed by atoms with Crippen LogP contribution in [0.3, 0.4) is 0 Å². The van der Waals surface area contributed by atoms with Gasteiger partial charge in [-0.1, -0.05) is 0 Å². The molecule has 0 aromatic rings. The van der Waals surface area contributed by atoms with Gasteiger partial charge in [-0.15, -0.1) is 0 Å². The zero-order valence-corrected chi connectivity index (χ0v) is 10.9. The van der Waals surface area contributed by atoms with E-state index in [1.54, 1.807) is 30.3 Å². The molecule has 0 aromatic carbocycles. The molecule has 4 unspecified atom stereocenters. The van der Waals surface area contributed by atoms with Crippen LogP contribution < -0.4 is 0 Å². The van der Waals surface area contributed by atoms with Crippen LogP contribution in [0, 0.1) is 17.8 Å². The average Bonchev–Trinajstić information content (AvgIpc) is 2.45. The summed E-state index contributed by atoms with van der Waals surface area (Å²) in [6.07, 6.45) is 9.85. The van der Waals surface area contributed by atoms with E-state index in [9.17, 15) is 0 Å². The Morgan fingerprint density at radius 2 is 2.31 bits per heavy atom. The molecule has 0 amide bonds. The molecule has 69 valence electrons. The molecule has 0 aromatic heterocycles. The van der Waals surface area contributed by atoms with Gasteiger partial charge in [0.05, 0.1) is 0 Å². The third kappa shape index (κ3) is 1.65. The first-order valence-electron chi connectivity index (χ1n) is 5.33. The van der Waals surface area contributed by atoms with Crippen LogP contribution in [-0.2, 0) is 24.7 Å². The van der Waals surface area contributed by atoms with Crippen LogP contribution in [0.4, 0.5) is 0 Å². The van der Waals surface area contributed by atoms with Crippen molar-refractivity contribution in [2.45, 2.75) is 30.3 Å². The van der Waals surface area contributed by atoms with Gasteiger partial charge < -0.3 is 0 Å². The van der Waals surface area contributed by atoms with Gasteiger partial charge in [0.15, 0.2) is 0 Å². The number of allylic oxidation sites excluding steroid dienone is 4. The molecule has 2 aliphatic rings. The molecule has 4 atom stereocenters. The molecule has 13 heavy (non-hydrogen) atoms. The molecule has 0 radical (unpaired) electrons. The molecule has 2 aliphatic carbocycles. The Bertz CT molecular complexity index is 252. The van der Waals surface area contributed by atoms with Crippen LogP contribution >= 0.6 is 0 Å². The van der Waals surface area contributed by atoms with Crippen molar-refractivity contribution in [2.75, 3.05) is 0 Å². The second-order valence-corrected chi connectivity index (χ2v) is 5.93. The molecular formula is C12H17Zr. The van der Waals surface area contributed by atoms with E-state index in [0.717, 1.165) is 21.4 Å². The van der Waals surface area contributed by atoms with Crippen molar-refractivity contribution in [1.82, 2.24) is 0 Å². The molecule has 1 saturated carbocycles. The fourth-order valence-electron chi connectivity index (χ4n) is 2.73. The first-order chi connectivity index (χ1) is 6.24. The van der Waals surface area contributed by atoms with E-state index in [2.05, 4.69) is 32.1 Å². The van der Waals surface area contributed by atoms with Gasteiger partial charge in [-0.3, -0.25) is 0 Å². The second-order valence-electron chi connectivity index (χ2n) is 4.40. The Balaban J connectivity index is 2.23. The Labute approximate surface area is 96.3 Å².